The average Bonchev–Trinajstić information content (AvgIpc) is 2.48. The van der Waals surface area contributed by atoms with Gasteiger partial charge in [-0.1, -0.05) is 23.7 Å². The van der Waals surface area contributed by atoms with Crippen LogP contribution < -0.4 is 5.43 Å². The molecule has 8 heteroatoms. The van der Waals surface area contributed by atoms with Crippen LogP contribution in [-0.2, 0) is 0 Å². The first-order valence-electron chi connectivity index (χ1n) is 6.00. The lowest BCUT2D eigenvalue weighted by atomic mass is 10.2. The molecule has 0 heterocycles. The number of hydrogen-bond acceptors (Lipinski definition) is 4. The van der Waals surface area contributed by atoms with E-state index in [2.05, 4.69) is 26.5 Å². The molecule has 22 heavy (non-hydrogen) atoms. The van der Waals surface area contributed by atoms with Gasteiger partial charge in [0.15, 0.2) is 0 Å². The van der Waals surface area contributed by atoms with Crippen molar-refractivity contribution in [3.63, 3.8) is 0 Å². The summed E-state index contributed by atoms with van der Waals surface area (Å²) in [6, 6.07) is 10.9. The summed E-state index contributed by atoms with van der Waals surface area (Å²) in [7, 11) is 0. The van der Waals surface area contributed by atoms with Crippen molar-refractivity contribution in [1.82, 2.24) is 5.43 Å². The molecule has 0 aromatic heterocycles. The molecule has 0 unspecified atom stereocenters. The van der Waals surface area contributed by atoms with Gasteiger partial charge >= 0.3 is 0 Å². The second-order valence-electron chi connectivity index (χ2n) is 4.18. The molecule has 0 radical (unpaired) electrons. The Balaban J connectivity index is 2.08. The maximum atomic E-state index is 11.8. The second kappa shape index (κ2) is 7.15. The topological polar surface area (TPSA) is 84.6 Å². The molecular weight excluding hydrogens is 374 g/mol. The number of halogens is 2. The van der Waals surface area contributed by atoms with Gasteiger partial charge in [0, 0.05) is 22.2 Å². The van der Waals surface area contributed by atoms with E-state index in [0.717, 1.165) is 0 Å². The Bertz CT molecular complexity index is 765. The second-order valence-corrected chi connectivity index (χ2v) is 5.47. The number of nitrogens with zero attached hydrogens (tertiary/aromatic N) is 2. The number of rotatable bonds is 4. The molecule has 0 bridgehead atoms. The summed E-state index contributed by atoms with van der Waals surface area (Å²) in [5, 5.41) is 15.0. The largest absolute Gasteiger partial charge is 0.284 e. The highest BCUT2D eigenvalue weighted by Gasteiger charge is 2.11. The Morgan fingerprint density at radius 1 is 1.32 bits per heavy atom. The molecule has 112 valence electrons. The van der Waals surface area contributed by atoms with Crippen molar-refractivity contribution in [1.29, 1.82) is 0 Å². The Hall–Kier alpha value is -2.25. The smallest absolute Gasteiger partial charge is 0.267 e. The zero-order chi connectivity index (χ0) is 16.1. The maximum Gasteiger partial charge on any atom is 0.284 e. The minimum atomic E-state index is -0.508. The average molecular weight is 383 g/mol. The molecule has 0 aliphatic rings. The predicted molar refractivity (Wildman–Crippen MR) is 87.3 cm³/mol. The summed E-state index contributed by atoms with van der Waals surface area (Å²) in [6.07, 6.45) is 1.32. The molecule has 0 atom stereocenters. The normalized spacial score (nSPS) is 10.6. The molecule has 2 rings (SSSR count). The molecule has 0 spiro atoms. The van der Waals surface area contributed by atoms with Crippen molar-refractivity contribution in [2.45, 2.75) is 0 Å². The number of carbonyl (C=O) groups is 1. The highest BCUT2D eigenvalue weighted by Crippen LogP contribution is 2.24. The fraction of sp³-hybridized carbons (Fsp3) is 0. The summed E-state index contributed by atoms with van der Waals surface area (Å²) in [4.78, 5) is 22.1. The van der Waals surface area contributed by atoms with Crippen LogP contribution in [-0.4, -0.2) is 17.0 Å². The number of nitro groups is 1. The Morgan fingerprint density at radius 2 is 2.09 bits per heavy atom. The number of carbonyl (C=O) groups excluding carboxylic acids is 1. The molecule has 1 N–H and O–H groups in total. The zero-order valence-corrected chi connectivity index (χ0v) is 13.3. The lowest BCUT2D eigenvalue weighted by Gasteiger charge is -2.00. The van der Waals surface area contributed by atoms with Gasteiger partial charge in [0.25, 0.3) is 11.6 Å². The van der Waals surface area contributed by atoms with Gasteiger partial charge < -0.3 is 0 Å². The monoisotopic (exact) mass is 381 g/mol. The van der Waals surface area contributed by atoms with Crippen LogP contribution in [0.5, 0.6) is 0 Å². The lowest BCUT2D eigenvalue weighted by Crippen LogP contribution is -2.17. The number of nitrogens with one attached hydrogen (secondary N) is 1. The molecule has 0 aliphatic heterocycles. The third-order valence-electron chi connectivity index (χ3n) is 2.63. The predicted octanol–water partition coefficient (Wildman–Crippen LogP) is 3.77. The summed E-state index contributed by atoms with van der Waals surface area (Å²) < 4.78 is 0.373. The fourth-order valence-corrected chi connectivity index (χ4v) is 2.19. The first kappa shape index (κ1) is 16.1. The van der Waals surface area contributed by atoms with Crippen LogP contribution in [0.1, 0.15) is 15.9 Å². The zero-order valence-electron chi connectivity index (χ0n) is 11.0. The number of nitro benzene ring substituents is 1. The van der Waals surface area contributed by atoms with Crippen molar-refractivity contribution in [2.75, 3.05) is 0 Å². The number of benzene rings is 2. The van der Waals surface area contributed by atoms with Gasteiger partial charge in [-0.2, -0.15) is 5.10 Å². The molecule has 1 amide bonds. The van der Waals surface area contributed by atoms with Crippen LogP contribution in [0.15, 0.2) is 52.0 Å². The van der Waals surface area contributed by atoms with E-state index >= 15 is 0 Å². The maximum absolute atomic E-state index is 11.8. The van der Waals surface area contributed by atoms with Gasteiger partial charge in [-0.3, -0.25) is 14.9 Å². The first-order chi connectivity index (χ1) is 10.5. The third kappa shape index (κ3) is 4.12. The molecule has 2 aromatic rings. The van der Waals surface area contributed by atoms with Gasteiger partial charge in [0.05, 0.1) is 15.6 Å². The van der Waals surface area contributed by atoms with Crippen LogP contribution >= 0.6 is 27.5 Å². The Kier molecular flexibility index (Phi) is 5.24. The van der Waals surface area contributed by atoms with Gasteiger partial charge in [-0.25, -0.2) is 5.43 Å². The standard InChI is InChI=1S/C14H9BrClN3O3/c15-12-5-4-9(6-13(12)19(21)22)8-17-18-14(20)10-2-1-3-11(16)7-10/h1-8H,(H,18,20)/b17-8+. The lowest BCUT2D eigenvalue weighted by molar-refractivity contribution is -0.385. The van der Waals surface area contributed by atoms with Crippen molar-refractivity contribution < 1.29 is 9.72 Å². The minimum absolute atomic E-state index is 0.0786. The molecule has 0 fully saturated rings. The van der Waals surface area contributed by atoms with E-state index in [0.29, 0.717) is 20.6 Å². The third-order valence-corrected chi connectivity index (χ3v) is 3.54. The van der Waals surface area contributed by atoms with Crippen molar-refractivity contribution in [3.05, 3.63) is 73.2 Å². The summed E-state index contributed by atoms with van der Waals surface area (Å²) in [5.74, 6) is -0.426. The van der Waals surface area contributed by atoms with E-state index in [-0.39, 0.29) is 5.69 Å². The molecule has 0 saturated heterocycles. The summed E-state index contributed by atoms with van der Waals surface area (Å²) >= 11 is 8.89. The van der Waals surface area contributed by atoms with E-state index in [1.165, 1.54) is 24.4 Å². The van der Waals surface area contributed by atoms with Crippen LogP contribution in [0.3, 0.4) is 0 Å². The van der Waals surface area contributed by atoms with E-state index in [9.17, 15) is 14.9 Å². The van der Waals surface area contributed by atoms with Crippen LogP contribution in [0.2, 0.25) is 5.02 Å². The van der Waals surface area contributed by atoms with Gasteiger partial charge in [-0.15, -0.1) is 0 Å². The van der Waals surface area contributed by atoms with Gasteiger partial charge in [0.2, 0.25) is 0 Å². The minimum Gasteiger partial charge on any atom is -0.267 e. The van der Waals surface area contributed by atoms with Gasteiger partial charge in [-0.05, 0) is 40.2 Å². The Morgan fingerprint density at radius 3 is 2.77 bits per heavy atom. The van der Waals surface area contributed by atoms with Crippen LogP contribution in [0.25, 0.3) is 0 Å². The molecule has 0 aliphatic carbocycles. The van der Waals surface area contributed by atoms with Gasteiger partial charge in [0.1, 0.15) is 0 Å². The van der Waals surface area contributed by atoms with Crippen molar-refractivity contribution in [3.8, 4) is 0 Å². The number of amides is 1. The highest BCUT2D eigenvalue weighted by molar-refractivity contribution is 9.10. The molecular formula is C14H9BrClN3O3. The van der Waals surface area contributed by atoms with E-state index in [1.807, 2.05) is 0 Å². The fourth-order valence-electron chi connectivity index (χ4n) is 1.61. The van der Waals surface area contributed by atoms with Crippen LogP contribution in [0.4, 0.5) is 5.69 Å². The number of hydrogen-bond donors (Lipinski definition) is 1. The summed E-state index contributed by atoms with van der Waals surface area (Å²) in [5.41, 5.74) is 3.10. The van der Waals surface area contributed by atoms with E-state index < -0.39 is 10.8 Å². The SMILES string of the molecule is O=C(N/N=C/c1ccc(Br)c([N+](=O)[O-])c1)c1cccc(Cl)c1. The molecule has 6 nitrogen and oxygen atoms in total. The molecule has 0 saturated carbocycles. The number of hydrazone groups is 1. The quantitative estimate of drug-likeness (QED) is 0.496. The van der Waals surface area contributed by atoms with E-state index in [4.69, 9.17) is 11.6 Å². The van der Waals surface area contributed by atoms with Crippen molar-refractivity contribution >= 4 is 45.3 Å². The van der Waals surface area contributed by atoms with E-state index in [1.54, 1.807) is 24.3 Å². The van der Waals surface area contributed by atoms with Crippen molar-refractivity contribution in [2.24, 2.45) is 5.10 Å². The summed E-state index contributed by atoms with van der Waals surface area (Å²) in [6.45, 7) is 0. The first-order valence-corrected chi connectivity index (χ1v) is 7.17. The Labute approximate surface area is 139 Å². The molecule has 2 aromatic carbocycles. The highest BCUT2D eigenvalue weighted by atomic mass is 79.9. The van der Waals surface area contributed by atoms with Crippen LogP contribution in [0, 0.1) is 10.1 Å².